The van der Waals surface area contributed by atoms with Crippen LogP contribution in [0.1, 0.15) is 6.92 Å². The lowest BCUT2D eigenvalue weighted by atomic mass is 10.7. The molecule has 0 bridgehead atoms. The molecule has 1 saturated heterocycles. The van der Waals surface area contributed by atoms with Crippen molar-refractivity contribution in [2.75, 3.05) is 12.4 Å². The molecule has 0 saturated carbocycles. The van der Waals surface area contributed by atoms with Crippen LogP contribution in [0.15, 0.2) is 0 Å². The van der Waals surface area contributed by atoms with Crippen molar-refractivity contribution in [1.29, 1.82) is 0 Å². The van der Waals surface area contributed by atoms with Crippen molar-refractivity contribution in [2.45, 2.75) is 12.0 Å². The zero-order valence-electron chi connectivity index (χ0n) is 4.18. The lowest BCUT2D eigenvalue weighted by Crippen LogP contribution is -2.16. The van der Waals surface area contributed by atoms with E-state index < -0.39 is 5.12 Å². The van der Waals surface area contributed by atoms with Crippen molar-refractivity contribution in [3.8, 4) is 0 Å². The van der Waals surface area contributed by atoms with E-state index in [1.54, 1.807) is 6.92 Å². The Morgan fingerprint density at radius 3 is 2.71 bits per heavy atom. The van der Waals surface area contributed by atoms with Crippen LogP contribution in [0, 0.1) is 0 Å². The Bertz CT molecular complexity index is 64.1. The SMILES string of the molecule is CC1(O)OCCS1. The zero-order chi connectivity index (χ0) is 5.33. The van der Waals surface area contributed by atoms with Gasteiger partial charge in [-0.2, -0.15) is 0 Å². The summed E-state index contributed by atoms with van der Waals surface area (Å²) >= 11 is 1.43. The lowest BCUT2D eigenvalue weighted by Gasteiger charge is -2.11. The molecule has 2 nitrogen and oxygen atoms in total. The molecule has 1 N–H and O–H groups in total. The molecule has 7 heavy (non-hydrogen) atoms. The van der Waals surface area contributed by atoms with Gasteiger partial charge in [-0.25, -0.2) is 0 Å². The van der Waals surface area contributed by atoms with E-state index in [0.717, 1.165) is 5.75 Å². The van der Waals surface area contributed by atoms with Gasteiger partial charge in [0.15, 0.2) is 0 Å². The van der Waals surface area contributed by atoms with E-state index >= 15 is 0 Å². The standard InChI is InChI=1S/C4H8O2S/c1-4(5)6-2-3-7-4/h5H,2-3H2,1H3. The van der Waals surface area contributed by atoms with Crippen molar-refractivity contribution < 1.29 is 9.84 Å². The minimum Gasteiger partial charge on any atom is -0.357 e. The monoisotopic (exact) mass is 120 g/mol. The van der Waals surface area contributed by atoms with Crippen molar-refractivity contribution in [3.63, 3.8) is 0 Å². The molecule has 1 heterocycles. The first-order valence-electron chi connectivity index (χ1n) is 2.21. The Hall–Kier alpha value is 0.270. The number of thioether (sulfide) groups is 1. The van der Waals surface area contributed by atoms with Crippen LogP contribution in [0.2, 0.25) is 0 Å². The fourth-order valence-corrected chi connectivity index (χ4v) is 1.22. The highest BCUT2D eigenvalue weighted by atomic mass is 32.2. The highest BCUT2D eigenvalue weighted by molar-refractivity contribution is 8.00. The fraction of sp³-hybridized carbons (Fsp3) is 1.00. The Labute approximate surface area is 46.9 Å². The molecule has 0 aromatic rings. The summed E-state index contributed by atoms with van der Waals surface area (Å²) in [6, 6.07) is 0. The third kappa shape index (κ3) is 1.33. The topological polar surface area (TPSA) is 29.5 Å². The van der Waals surface area contributed by atoms with Gasteiger partial charge in [0.1, 0.15) is 0 Å². The Morgan fingerprint density at radius 1 is 1.86 bits per heavy atom. The van der Waals surface area contributed by atoms with E-state index in [9.17, 15) is 0 Å². The zero-order valence-corrected chi connectivity index (χ0v) is 4.99. The van der Waals surface area contributed by atoms with Gasteiger partial charge in [0.25, 0.3) is 0 Å². The molecule has 0 aromatic heterocycles. The Kier molecular flexibility index (Phi) is 1.28. The van der Waals surface area contributed by atoms with Crippen molar-refractivity contribution in [1.82, 2.24) is 0 Å². The summed E-state index contributed by atoms with van der Waals surface area (Å²) in [6.07, 6.45) is 0. The van der Waals surface area contributed by atoms with Crippen LogP contribution in [0.5, 0.6) is 0 Å². The molecule has 1 aliphatic rings. The van der Waals surface area contributed by atoms with E-state index in [4.69, 9.17) is 9.84 Å². The molecule has 0 aromatic carbocycles. The number of rotatable bonds is 0. The van der Waals surface area contributed by atoms with Crippen molar-refractivity contribution in [2.24, 2.45) is 0 Å². The van der Waals surface area contributed by atoms with Gasteiger partial charge in [0, 0.05) is 5.75 Å². The molecule has 1 rings (SSSR count). The molecule has 1 aliphatic heterocycles. The highest BCUT2D eigenvalue weighted by Crippen LogP contribution is 2.28. The number of hydrogen-bond donors (Lipinski definition) is 1. The Balaban J connectivity index is 2.40. The molecule has 1 unspecified atom stereocenters. The van der Waals surface area contributed by atoms with E-state index in [0.29, 0.717) is 6.61 Å². The maximum Gasteiger partial charge on any atom is 0.212 e. The van der Waals surface area contributed by atoms with Crippen molar-refractivity contribution >= 4 is 11.8 Å². The molecule has 0 amide bonds. The first kappa shape index (κ1) is 5.41. The molecular weight excluding hydrogens is 112 g/mol. The van der Waals surface area contributed by atoms with Gasteiger partial charge < -0.3 is 9.84 Å². The molecule has 42 valence electrons. The molecule has 0 radical (unpaired) electrons. The second-order valence-corrected chi connectivity index (χ2v) is 3.05. The van der Waals surface area contributed by atoms with Crippen LogP contribution in [0.25, 0.3) is 0 Å². The minimum absolute atomic E-state index is 0.678. The number of hydrogen-bond acceptors (Lipinski definition) is 3. The van der Waals surface area contributed by atoms with Gasteiger partial charge in [-0.1, -0.05) is 11.8 Å². The predicted octanol–water partition coefficient (Wildman–Crippen LogP) is 0.416. The number of ether oxygens (including phenoxy) is 1. The molecule has 3 heteroatoms. The van der Waals surface area contributed by atoms with Gasteiger partial charge in [-0.3, -0.25) is 0 Å². The second kappa shape index (κ2) is 1.65. The molecule has 1 atom stereocenters. The van der Waals surface area contributed by atoms with E-state index in [2.05, 4.69) is 0 Å². The van der Waals surface area contributed by atoms with Crippen LogP contribution in [0.3, 0.4) is 0 Å². The van der Waals surface area contributed by atoms with Gasteiger partial charge in [0.2, 0.25) is 5.12 Å². The van der Waals surface area contributed by atoms with Gasteiger partial charge >= 0.3 is 0 Å². The third-order valence-electron chi connectivity index (χ3n) is 0.823. The quantitative estimate of drug-likeness (QED) is 0.502. The fourth-order valence-electron chi connectivity index (χ4n) is 0.504. The highest BCUT2D eigenvalue weighted by Gasteiger charge is 2.26. The van der Waals surface area contributed by atoms with Crippen LogP contribution >= 0.6 is 11.8 Å². The summed E-state index contributed by atoms with van der Waals surface area (Å²) in [5.41, 5.74) is 0. The average Bonchev–Trinajstić information content (AvgIpc) is 1.84. The summed E-state index contributed by atoms with van der Waals surface area (Å²) in [5, 5.41) is 8.05. The first-order valence-corrected chi connectivity index (χ1v) is 3.19. The normalized spacial score (nSPS) is 42.0. The van der Waals surface area contributed by atoms with E-state index in [1.165, 1.54) is 11.8 Å². The summed E-state index contributed by atoms with van der Waals surface area (Å²) in [6.45, 7) is 2.34. The van der Waals surface area contributed by atoms with Gasteiger partial charge in [-0.05, 0) is 6.92 Å². The molecule has 1 fully saturated rings. The summed E-state index contributed by atoms with van der Waals surface area (Å²) in [7, 11) is 0. The van der Waals surface area contributed by atoms with Gasteiger partial charge in [-0.15, -0.1) is 0 Å². The van der Waals surface area contributed by atoms with Crippen molar-refractivity contribution in [3.05, 3.63) is 0 Å². The summed E-state index contributed by atoms with van der Waals surface area (Å²) in [4.78, 5) is 0. The van der Waals surface area contributed by atoms with Gasteiger partial charge in [0.05, 0.1) is 6.61 Å². The maximum atomic E-state index is 8.94. The molecular formula is C4H8O2S. The maximum absolute atomic E-state index is 8.94. The van der Waals surface area contributed by atoms with Crippen LogP contribution < -0.4 is 0 Å². The largest absolute Gasteiger partial charge is 0.357 e. The smallest absolute Gasteiger partial charge is 0.212 e. The summed E-state index contributed by atoms with van der Waals surface area (Å²) < 4.78 is 4.86. The number of aliphatic hydroxyl groups is 1. The average molecular weight is 120 g/mol. The lowest BCUT2D eigenvalue weighted by molar-refractivity contribution is -0.0992. The predicted molar refractivity (Wildman–Crippen MR) is 29.0 cm³/mol. The summed E-state index contributed by atoms with van der Waals surface area (Å²) in [5.74, 6) is 0.910. The third-order valence-corrected chi connectivity index (χ3v) is 1.85. The van der Waals surface area contributed by atoms with E-state index in [-0.39, 0.29) is 0 Å². The van der Waals surface area contributed by atoms with Crippen LogP contribution in [0.4, 0.5) is 0 Å². The second-order valence-electron chi connectivity index (χ2n) is 1.59. The first-order chi connectivity index (χ1) is 3.21. The Morgan fingerprint density at radius 2 is 2.57 bits per heavy atom. The minimum atomic E-state index is -0.889. The molecule has 0 spiro atoms. The van der Waals surface area contributed by atoms with Crippen LogP contribution in [-0.2, 0) is 4.74 Å². The van der Waals surface area contributed by atoms with E-state index in [1.807, 2.05) is 0 Å². The van der Waals surface area contributed by atoms with Crippen LogP contribution in [-0.4, -0.2) is 22.6 Å². The molecule has 0 aliphatic carbocycles.